The molecule has 0 saturated heterocycles. The molecule has 0 aliphatic rings. The number of hydrogen-bond donors (Lipinski definition) is 2. The van der Waals surface area contributed by atoms with Crippen LogP contribution in [-0.4, -0.2) is 15.5 Å². The molecule has 6 heteroatoms. The van der Waals surface area contributed by atoms with Gasteiger partial charge < -0.3 is 5.32 Å². The second-order valence-electron chi connectivity index (χ2n) is 4.07. The van der Waals surface area contributed by atoms with E-state index in [0.717, 1.165) is 5.69 Å². The first kappa shape index (κ1) is 13.9. The molecular formula is C14H13N3O2S. The molecule has 0 fully saturated rings. The summed E-state index contributed by atoms with van der Waals surface area (Å²) in [7, 11) is -1.86. The standard InChI is InChI=1S/C14H13N3O2S/c1-16-12-6-8-14(9-7-12)20(18,19)17-13-4-2-11(10-15)3-5-13/h2-9,16-17H,1H3. The fourth-order valence-corrected chi connectivity index (χ4v) is 2.69. The number of rotatable bonds is 4. The van der Waals surface area contributed by atoms with Gasteiger partial charge >= 0.3 is 0 Å². The van der Waals surface area contributed by atoms with Crippen LogP contribution in [0, 0.1) is 11.3 Å². The predicted molar refractivity (Wildman–Crippen MR) is 78.0 cm³/mol. The maximum atomic E-state index is 12.2. The summed E-state index contributed by atoms with van der Waals surface area (Å²) in [5, 5.41) is 11.6. The number of nitrogens with zero attached hydrogens (tertiary/aromatic N) is 1. The average molecular weight is 287 g/mol. The fraction of sp³-hybridized carbons (Fsp3) is 0.0714. The SMILES string of the molecule is CNc1ccc(S(=O)(=O)Nc2ccc(C#N)cc2)cc1. The summed E-state index contributed by atoms with van der Waals surface area (Å²) < 4.78 is 26.8. The van der Waals surface area contributed by atoms with E-state index in [2.05, 4.69) is 10.0 Å². The summed E-state index contributed by atoms with van der Waals surface area (Å²) in [6, 6.07) is 14.6. The molecule has 2 N–H and O–H groups in total. The minimum absolute atomic E-state index is 0.181. The van der Waals surface area contributed by atoms with E-state index in [1.54, 1.807) is 43.4 Å². The van der Waals surface area contributed by atoms with Gasteiger partial charge in [0.05, 0.1) is 16.5 Å². The summed E-state index contributed by atoms with van der Waals surface area (Å²) in [5.74, 6) is 0. The van der Waals surface area contributed by atoms with Gasteiger partial charge in [0.2, 0.25) is 0 Å². The van der Waals surface area contributed by atoms with Gasteiger partial charge in [0.25, 0.3) is 10.0 Å². The first-order valence-corrected chi connectivity index (χ1v) is 7.34. The number of hydrogen-bond acceptors (Lipinski definition) is 4. The van der Waals surface area contributed by atoms with Crippen molar-refractivity contribution in [2.45, 2.75) is 4.90 Å². The van der Waals surface area contributed by atoms with Crippen molar-refractivity contribution in [3.63, 3.8) is 0 Å². The van der Waals surface area contributed by atoms with Crippen molar-refractivity contribution in [2.75, 3.05) is 17.1 Å². The van der Waals surface area contributed by atoms with Crippen molar-refractivity contribution in [3.8, 4) is 6.07 Å². The Morgan fingerprint density at radius 3 is 2.00 bits per heavy atom. The zero-order valence-corrected chi connectivity index (χ0v) is 11.6. The molecule has 0 radical (unpaired) electrons. The molecule has 2 rings (SSSR count). The second-order valence-corrected chi connectivity index (χ2v) is 5.75. The van der Waals surface area contributed by atoms with E-state index in [-0.39, 0.29) is 4.90 Å². The third-order valence-corrected chi connectivity index (χ3v) is 4.12. The lowest BCUT2D eigenvalue weighted by Gasteiger charge is -2.08. The number of nitrogens with one attached hydrogen (secondary N) is 2. The molecule has 0 unspecified atom stereocenters. The Labute approximate surface area is 117 Å². The summed E-state index contributed by atoms with van der Waals surface area (Å²) in [6.45, 7) is 0. The van der Waals surface area contributed by atoms with Crippen LogP contribution < -0.4 is 10.0 Å². The number of anilines is 2. The fourth-order valence-electron chi connectivity index (χ4n) is 1.63. The van der Waals surface area contributed by atoms with Crippen LogP contribution in [0.1, 0.15) is 5.56 Å². The molecule has 0 amide bonds. The lowest BCUT2D eigenvalue weighted by Crippen LogP contribution is -2.12. The summed E-state index contributed by atoms with van der Waals surface area (Å²) in [6.07, 6.45) is 0. The van der Waals surface area contributed by atoms with Crippen molar-refractivity contribution >= 4 is 21.4 Å². The molecule has 0 saturated carbocycles. The van der Waals surface area contributed by atoms with Crippen LogP contribution in [-0.2, 0) is 10.0 Å². The minimum Gasteiger partial charge on any atom is -0.388 e. The Balaban J connectivity index is 2.23. The van der Waals surface area contributed by atoms with Crippen molar-refractivity contribution in [3.05, 3.63) is 54.1 Å². The van der Waals surface area contributed by atoms with E-state index in [0.29, 0.717) is 11.3 Å². The molecule has 2 aromatic rings. The zero-order valence-electron chi connectivity index (χ0n) is 10.8. The summed E-state index contributed by atoms with van der Waals surface area (Å²) in [4.78, 5) is 0.181. The zero-order chi connectivity index (χ0) is 14.6. The van der Waals surface area contributed by atoms with Crippen LogP contribution in [0.25, 0.3) is 0 Å². The molecule has 20 heavy (non-hydrogen) atoms. The highest BCUT2D eigenvalue weighted by Crippen LogP contribution is 2.18. The maximum absolute atomic E-state index is 12.2. The number of benzene rings is 2. The lowest BCUT2D eigenvalue weighted by molar-refractivity contribution is 0.601. The normalized spacial score (nSPS) is 10.6. The predicted octanol–water partition coefficient (Wildman–Crippen LogP) is 2.40. The van der Waals surface area contributed by atoms with Gasteiger partial charge in [0, 0.05) is 18.4 Å². The first-order chi connectivity index (χ1) is 9.55. The van der Waals surface area contributed by atoms with Gasteiger partial charge in [-0.1, -0.05) is 0 Å². The third-order valence-electron chi connectivity index (χ3n) is 2.72. The smallest absolute Gasteiger partial charge is 0.261 e. The Morgan fingerprint density at radius 2 is 1.50 bits per heavy atom. The molecule has 0 aliphatic carbocycles. The van der Waals surface area contributed by atoms with Crippen molar-refractivity contribution in [1.29, 1.82) is 5.26 Å². The van der Waals surface area contributed by atoms with Gasteiger partial charge in [-0.15, -0.1) is 0 Å². The van der Waals surface area contributed by atoms with Crippen molar-refractivity contribution in [1.82, 2.24) is 0 Å². The summed E-state index contributed by atoms with van der Waals surface area (Å²) in [5.41, 5.74) is 1.73. The average Bonchev–Trinajstić information content (AvgIpc) is 2.48. The molecule has 5 nitrogen and oxygen atoms in total. The minimum atomic E-state index is -3.62. The Morgan fingerprint density at radius 1 is 0.950 bits per heavy atom. The van der Waals surface area contributed by atoms with E-state index in [9.17, 15) is 8.42 Å². The van der Waals surface area contributed by atoms with Crippen molar-refractivity contribution in [2.24, 2.45) is 0 Å². The molecule has 102 valence electrons. The highest BCUT2D eigenvalue weighted by Gasteiger charge is 2.13. The molecule has 0 aliphatic heterocycles. The first-order valence-electron chi connectivity index (χ1n) is 5.86. The number of nitriles is 1. The Bertz CT molecular complexity index is 729. The second kappa shape index (κ2) is 5.63. The van der Waals surface area contributed by atoms with Crippen LogP contribution in [0.5, 0.6) is 0 Å². The highest BCUT2D eigenvalue weighted by molar-refractivity contribution is 7.92. The van der Waals surface area contributed by atoms with E-state index < -0.39 is 10.0 Å². The lowest BCUT2D eigenvalue weighted by atomic mass is 10.2. The van der Waals surface area contributed by atoms with Gasteiger partial charge in [-0.2, -0.15) is 5.26 Å². The van der Waals surface area contributed by atoms with Crippen LogP contribution in [0.2, 0.25) is 0 Å². The topological polar surface area (TPSA) is 82.0 Å². The largest absolute Gasteiger partial charge is 0.388 e. The van der Waals surface area contributed by atoms with Gasteiger partial charge in [0.15, 0.2) is 0 Å². The van der Waals surface area contributed by atoms with Gasteiger partial charge in [-0.25, -0.2) is 8.42 Å². The quantitative estimate of drug-likeness (QED) is 0.904. The molecular weight excluding hydrogens is 274 g/mol. The monoisotopic (exact) mass is 287 g/mol. The Hall–Kier alpha value is -2.52. The molecule has 0 aromatic heterocycles. The summed E-state index contributed by atoms with van der Waals surface area (Å²) >= 11 is 0. The van der Waals surface area contributed by atoms with Crippen LogP contribution in [0.3, 0.4) is 0 Å². The van der Waals surface area contributed by atoms with E-state index in [1.165, 1.54) is 12.1 Å². The molecule has 0 atom stereocenters. The van der Waals surface area contributed by atoms with Gasteiger partial charge in [-0.3, -0.25) is 4.72 Å². The van der Waals surface area contributed by atoms with Crippen molar-refractivity contribution < 1.29 is 8.42 Å². The van der Waals surface area contributed by atoms with Crippen LogP contribution in [0.4, 0.5) is 11.4 Å². The van der Waals surface area contributed by atoms with E-state index >= 15 is 0 Å². The molecule has 0 bridgehead atoms. The van der Waals surface area contributed by atoms with Crippen LogP contribution in [0.15, 0.2) is 53.4 Å². The third kappa shape index (κ3) is 3.08. The Kier molecular flexibility index (Phi) is 3.91. The van der Waals surface area contributed by atoms with E-state index in [1.807, 2.05) is 6.07 Å². The highest BCUT2D eigenvalue weighted by atomic mass is 32.2. The maximum Gasteiger partial charge on any atom is 0.261 e. The van der Waals surface area contributed by atoms with Gasteiger partial charge in [0.1, 0.15) is 0 Å². The molecule has 0 heterocycles. The van der Waals surface area contributed by atoms with E-state index in [4.69, 9.17) is 5.26 Å². The molecule has 0 spiro atoms. The van der Waals surface area contributed by atoms with Gasteiger partial charge in [-0.05, 0) is 48.5 Å². The van der Waals surface area contributed by atoms with Crippen LogP contribution >= 0.6 is 0 Å². The molecule has 2 aromatic carbocycles. The number of sulfonamides is 1.